The van der Waals surface area contributed by atoms with Crippen molar-refractivity contribution in [1.82, 2.24) is 25.2 Å². The molecule has 2 aromatic carbocycles. The molecule has 0 unspecified atom stereocenters. The Balaban J connectivity index is 1.49. The average molecular weight is 413 g/mol. The topological polar surface area (TPSA) is 94.8 Å². The molecule has 0 radical (unpaired) electrons. The molecule has 1 amide bonds. The molecule has 0 saturated carbocycles. The first kappa shape index (κ1) is 18.8. The van der Waals surface area contributed by atoms with E-state index in [2.05, 4.69) is 25.8 Å². The van der Waals surface area contributed by atoms with E-state index in [9.17, 15) is 9.18 Å². The van der Waals surface area contributed by atoms with Gasteiger partial charge in [-0.3, -0.25) is 9.78 Å². The second-order valence-electron chi connectivity index (χ2n) is 6.09. The first-order valence-electron chi connectivity index (χ1n) is 8.54. The lowest BCUT2D eigenvalue weighted by Crippen LogP contribution is -2.20. The quantitative estimate of drug-likeness (QED) is 0.540. The van der Waals surface area contributed by atoms with Gasteiger partial charge in [-0.25, -0.2) is 4.39 Å². The SMILES string of the molecule is Cc1nnnn1-c1cc(NC(=O)COc2ccc(Cl)c3cccnc23)ccc1F. The Labute approximate surface area is 169 Å². The van der Waals surface area contributed by atoms with Gasteiger partial charge in [0.1, 0.15) is 22.8 Å². The molecule has 10 heteroatoms. The second-order valence-corrected chi connectivity index (χ2v) is 6.49. The molecule has 0 saturated heterocycles. The van der Waals surface area contributed by atoms with Gasteiger partial charge in [-0.1, -0.05) is 11.6 Å². The van der Waals surface area contributed by atoms with Crippen LogP contribution < -0.4 is 10.1 Å². The maximum atomic E-state index is 14.1. The number of halogens is 2. The summed E-state index contributed by atoms with van der Waals surface area (Å²) in [7, 11) is 0. The van der Waals surface area contributed by atoms with E-state index in [0.717, 1.165) is 5.39 Å². The summed E-state index contributed by atoms with van der Waals surface area (Å²) >= 11 is 6.16. The molecule has 2 heterocycles. The number of hydrogen-bond acceptors (Lipinski definition) is 6. The maximum absolute atomic E-state index is 14.1. The fourth-order valence-corrected chi connectivity index (χ4v) is 2.99. The lowest BCUT2D eigenvalue weighted by atomic mass is 10.2. The monoisotopic (exact) mass is 412 g/mol. The van der Waals surface area contributed by atoms with Crippen molar-refractivity contribution >= 4 is 34.1 Å². The summed E-state index contributed by atoms with van der Waals surface area (Å²) in [4.78, 5) is 16.6. The van der Waals surface area contributed by atoms with Gasteiger partial charge in [0.2, 0.25) is 0 Å². The number of carbonyl (C=O) groups is 1. The number of tetrazole rings is 1. The van der Waals surface area contributed by atoms with Crippen LogP contribution in [-0.2, 0) is 4.79 Å². The largest absolute Gasteiger partial charge is 0.481 e. The van der Waals surface area contributed by atoms with Gasteiger partial charge in [-0.05, 0) is 59.8 Å². The fraction of sp³-hybridized carbons (Fsp3) is 0.105. The molecule has 29 heavy (non-hydrogen) atoms. The number of anilines is 1. The summed E-state index contributed by atoms with van der Waals surface area (Å²) in [5.41, 5.74) is 1.06. The molecular formula is C19H14ClFN6O2. The van der Waals surface area contributed by atoms with Crippen molar-refractivity contribution in [2.75, 3.05) is 11.9 Å². The Morgan fingerprint density at radius 3 is 2.93 bits per heavy atom. The molecule has 2 aromatic heterocycles. The van der Waals surface area contributed by atoms with E-state index in [0.29, 0.717) is 27.8 Å². The van der Waals surface area contributed by atoms with Gasteiger partial charge in [-0.15, -0.1) is 5.10 Å². The second kappa shape index (κ2) is 7.80. The Bertz CT molecular complexity index is 1210. The van der Waals surface area contributed by atoms with Crippen LogP contribution in [0.15, 0.2) is 48.7 Å². The lowest BCUT2D eigenvalue weighted by Gasteiger charge is -2.11. The number of aryl methyl sites for hydroxylation is 1. The van der Waals surface area contributed by atoms with Crippen molar-refractivity contribution in [3.63, 3.8) is 0 Å². The van der Waals surface area contributed by atoms with Gasteiger partial charge in [0, 0.05) is 17.3 Å². The minimum absolute atomic E-state index is 0.124. The van der Waals surface area contributed by atoms with E-state index in [1.54, 1.807) is 31.3 Å². The molecule has 0 atom stereocenters. The molecule has 0 aliphatic carbocycles. The molecule has 0 spiro atoms. The third kappa shape index (κ3) is 3.85. The molecule has 8 nitrogen and oxygen atoms in total. The number of aromatic nitrogens is 5. The van der Waals surface area contributed by atoms with E-state index in [1.165, 1.54) is 22.9 Å². The highest BCUT2D eigenvalue weighted by Gasteiger charge is 2.13. The highest BCUT2D eigenvalue weighted by Crippen LogP contribution is 2.29. The van der Waals surface area contributed by atoms with Gasteiger partial charge in [-0.2, -0.15) is 4.68 Å². The molecular weight excluding hydrogens is 399 g/mol. The van der Waals surface area contributed by atoms with Crippen molar-refractivity contribution in [3.8, 4) is 11.4 Å². The summed E-state index contributed by atoms with van der Waals surface area (Å²) < 4.78 is 21.0. The molecule has 4 aromatic rings. The Morgan fingerprint density at radius 2 is 2.14 bits per heavy atom. The Morgan fingerprint density at radius 1 is 1.28 bits per heavy atom. The predicted molar refractivity (Wildman–Crippen MR) is 105 cm³/mol. The first-order valence-corrected chi connectivity index (χ1v) is 8.91. The summed E-state index contributed by atoms with van der Waals surface area (Å²) in [6.45, 7) is 1.38. The molecule has 4 rings (SSSR count). The number of benzene rings is 2. The number of amides is 1. The third-order valence-electron chi connectivity index (χ3n) is 4.12. The van der Waals surface area contributed by atoms with Crippen LogP contribution in [0.5, 0.6) is 5.75 Å². The average Bonchev–Trinajstić information content (AvgIpc) is 3.15. The van der Waals surface area contributed by atoms with Crippen molar-refractivity contribution in [2.45, 2.75) is 6.92 Å². The van der Waals surface area contributed by atoms with E-state index < -0.39 is 11.7 Å². The van der Waals surface area contributed by atoms with Crippen LogP contribution in [0.3, 0.4) is 0 Å². The number of pyridine rings is 1. The smallest absolute Gasteiger partial charge is 0.262 e. The van der Waals surface area contributed by atoms with E-state index in [4.69, 9.17) is 16.3 Å². The standard InChI is InChI=1S/C19H14ClFN6O2/c1-11-24-25-26-27(11)16-9-12(4-6-15(16)21)23-18(28)10-29-17-7-5-14(20)13-3-2-8-22-19(13)17/h2-9H,10H2,1H3,(H,23,28). The molecule has 0 bridgehead atoms. The van der Waals surface area contributed by atoms with Gasteiger partial charge >= 0.3 is 0 Å². The van der Waals surface area contributed by atoms with Gasteiger partial charge in [0.25, 0.3) is 5.91 Å². The van der Waals surface area contributed by atoms with Crippen LogP contribution in [0.1, 0.15) is 5.82 Å². The van der Waals surface area contributed by atoms with Gasteiger partial charge in [0.15, 0.2) is 12.4 Å². The zero-order valence-electron chi connectivity index (χ0n) is 15.1. The van der Waals surface area contributed by atoms with Crippen molar-refractivity contribution in [1.29, 1.82) is 0 Å². The zero-order chi connectivity index (χ0) is 20.4. The van der Waals surface area contributed by atoms with Crippen LogP contribution in [0.4, 0.5) is 10.1 Å². The minimum atomic E-state index is -0.520. The molecule has 146 valence electrons. The lowest BCUT2D eigenvalue weighted by molar-refractivity contribution is -0.118. The zero-order valence-corrected chi connectivity index (χ0v) is 15.9. The third-order valence-corrected chi connectivity index (χ3v) is 4.45. The normalized spacial score (nSPS) is 10.9. The van der Waals surface area contributed by atoms with Crippen molar-refractivity contribution < 1.29 is 13.9 Å². The number of nitrogens with one attached hydrogen (secondary N) is 1. The first-order chi connectivity index (χ1) is 14.0. The highest BCUT2D eigenvalue weighted by molar-refractivity contribution is 6.35. The predicted octanol–water partition coefficient (Wildman–Crippen LogP) is 3.33. The van der Waals surface area contributed by atoms with Crippen LogP contribution in [0.25, 0.3) is 16.6 Å². The van der Waals surface area contributed by atoms with Crippen LogP contribution >= 0.6 is 11.6 Å². The summed E-state index contributed by atoms with van der Waals surface area (Å²) in [6.07, 6.45) is 1.62. The highest BCUT2D eigenvalue weighted by atomic mass is 35.5. The number of rotatable bonds is 5. The molecule has 1 N–H and O–H groups in total. The fourth-order valence-electron chi connectivity index (χ4n) is 2.78. The van der Waals surface area contributed by atoms with Crippen molar-refractivity contribution in [3.05, 3.63) is 65.3 Å². The maximum Gasteiger partial charge on any atom is 0.262 e. The van der Waals surface area contributed by atoms with E-state index in [1.807, 2.05) is 6.07 Å². The summed E-state index contributed by atoms with van der Waals surface area (Å²) in [6, 6.07) is 11.0. The van der Waals surface area contributed by atoms with Crippen LogP contribution in [0.2, 0.25) is 5.02 Å². The molecule has 0 aliphatic rings. The molecule has 0 aliphatic heterocycles. The Kier molecular flexibility index (Phi) is 5.05. The Hall–Kier alpha value is -3.59. The minimum Gasteiger partial charge on any atom is -0.481 e. The number of ether oxygens (including phenoxy) is 1. The molecule has 0 fully saturated rings. The number of hydrogen-bond donors (Lipinski definition) is 1. The number of nitrogens with zero attached hydrogens (tertiary/aromatic N) is 5. The van der Waals surface area contributed by atoms with Crippen LogP contribution in [-0.4, -0.2) is 37.7 Å². The van der Waals surface area contributed by atoms with E-state index in [-0.39, 0.29) is 12.3 Å². The summed E-state index contributed by atoms with van der Waals surface area (Å²) in [5.74, 6) is -0.0922. The van der Waals surface area contributed by atoms with Gasteiger partial charge in [0.05, 0.1) is 5.02 Å². The van der Waals surface area contributed by atoms with Crippen molar-refractivity contribution in [2.24, 2.45) is 0 Å². The number of fused-ring (bicyclic) bond motifs is 1. The van der Waals surface area contributed by atoms with Gasteiger partial charge < -0.3 is 10.1 Å². The van der Waals surface area contributed by atoms with Crippen LogP contribution in [0, 0.1) is 12.7 Å². The van der Waals surface area contributed by atoms with E-state index >= 15 is 0 Å². The summed E-state index contributed by atoms with van der Waals surface area (Å²) in [5, 5.41) is 14.9. The number of carbonyl (C=O) groups excluding carboxylic acids is 1.